The second-order valence-electron chi connectivity index (χ2n) is 8.33. The van der Waals surface area contributed by atoms with E-state index >= 15 is 0 Å². The van der Waals surface area contributed by atoms with Gasteiger partial charge in [0.2, 0.25) is 5.91 Å². The molecule has 0 atom stereocenters. The monoisotopic (exact) mass is 362 g/mol. The molecule has 0 saturated heterocycles. The molecule has 140 valence electrons. The zero-order chi connectivity index (χ0) is 18.2. The number of carbonyl (C=O) groups excluding carboxylic acids is 1. The highest BCUT2D eigenvalue weighted by molar-refractivity contribution is 6.05. The Hall–Kier alpha value is -2.43. The maximum Gasteiger partial charge on any atom is 0.220 e. The Labute approximate surface area is 159 Å². The molecule has 0 bridgehead atoms. The summed E-state index contributed by atoms with van der Waals surface area (Å²) in [6, 6.07) is 4.29. The van der Waals surface area contributed by atoms with Gasteiger partial charge < -0.3 is 10.3 Å². The van der Waals surface area contributed by atoms with E-state index in [4.69, 9.17) is 0 Å². The van der Waals surface area contributed by atoms with E-state index in [1.54, 1.807) is 0 Å². The lowest BCUT2D eigenvalue weighted by Gasteiger charge is -2.29. The van der Waals surface area contributed by atoms with Gasteiger partial charge in [0.05, 0.1) is 11.7 Å². The third-order valence-electron chi connectivity index (χ3n) is 6.37. The maximum absolute atomic E-state index is 12.2. The van der Waals surface area contributed by atoms with Crippen molar-refractivity contribution in [1.29, 1.82) is 0 Å². The molecule has 5 rings (SSSR count). The number of hydrogen-bond acceptors (Lipinski definition) is 3. The highest BCUT2D eigenvalue weighted by atomic mass is 16.1. The van der Waals surface area contributed by atoms with Gasteiger partial charge in [-0.3, -0.25) is 9.78 Å². The number of nitrogens with zero attached hydrogens (tertiary/aromatic N) is 2. The highest BCUT2D eigenvalue weighted by Crippen LogP contribution is 2.40. The number of amides is 1. The third-order valence-corrected chi connectivity index (χ3v) is 6.37. The first-order valence-corrected chi connectivity index (χ1v) is 10.3. The van der Waals surface area contributed by atoms with Crippen molar-refractivity contribution in [2.24, 2.45) is 11.8 Å². The van der Waals surface area contributed by atoms with Gasteiger partial charge in [-0.05, 0) is 74.0 Å². The predicted molar refractivity (Wildman–Crippen MR) is 106 cm³/mol. The van der Waals surface area contributed by atoms with E-state index in [-0.39, 0.29) is 5.91 Å². The molecule has 0 radical (unpaired) electrons. The number of hydrogen-bond donors (Lipinski definition) is 2. The van der Waals surface area contributed by atoms with Gasteiger partial charge >= 0.3 is 0 Å². The van der Waals surface area contributed by atoms with Gasteiger partial charge in [-0.1, -0.05) is 0 Å². The Morgan fingerprint density at radius 3 is 2.70 bits per heavy atom. The molecule has 0 spiro atoms. The van der Waals surface area contributed by atoms with Gasteiger partial charge in [-0.25, -0.2) is 4.98 Å². The minimum atomic E-state index is 0.250. The number of H-pyrrole nitrogens is 1. The van der Waals surface area contributed by atoms with Crippen molar-refractivity contribution >= 4 is 27.8 Å². The Bertz CT molecular complexity index is 967. The van der Waals surface area contributed by atoms with E-state index in [1.165, 1.54) is 23.8 Å². The fraction of sp³-hybridized carbons (Fsp3) is 0.500. The van der Waals surface area contributed by atoms with Gasteiger partial charge in [0.1, 0.15) is 5.65 Å². The topological polar surface area (TPSA) is 70.7 Å². The van der Waals surface area contributed by atoms with Crippen LogP contribution in [0.3, 0.4) is 0 Å². The van der Waals surface area contributed by atoms with Crippen molar-refractivity contribution in [1.82, 2.24) is 20.3 Å². The molecular formula is C22H26N4O. The molecule has 3 aromatic rings. The molecule has 1 amide bonds. The standard InChI is InChI=1S/C22H26N4O/c27-20(25-12-15-1-2-15)11-14-3-5-16(6-4-14)17-7-9-23-19-13-26-22-18(21(17)19)8-10-24-22/h7-10,13-16H,1-6,11-12H2,(H,24,26)(H,25,27). The summed E-state index contributed by atoms with van der Waals surface area (Å²) >= 11 is 0. The predicted octanol–water partition coefficient (Wildman–Crippen LogP) is 4.30. The van der Waals surface area contributed by atoms with Gasteiger partial charge in [0.15, 0.2) is 0 Å². The van der Waals surface area contributed by atoms with E-state index < -0.39 is 0 Å². The summed E-state index contributed by atoms with van der Waals surface area (Å²) in [5.74, 6) is 2.08. The molecule has 2 saturated carbocycles. The van der Waals surface area contributed by atoms with Crippen molar-refractivity contribution in [3.63, 3.8) is 0 Å². The molecule has 2 aliphatic rings. The zero-order valence-electron chi connectivity index (χ0n) is 15.6. The van der Waals surface area contributed by atoms with Gasteiger partial charge in [-0.2, -0.15) is 0 Å². The number of nitrogens with one attached hydrogen (secondary N) is 2. The van der Waals surface area contributed by atoms with Crippen LogP contribution in [0.4, 0.5) is 0 Å². The molecule has 3 aromatic heterocycles. The Kier molecular flexibility index (Phi) is 4.30. The number of pyridine rings is 2. The van der Waals surface area contributed by atoms with E-state index in [9.17, 15) is 4.79 Å². The molecular weight excluding hydrogens is 336 g/mol. The van der Waals surface area contributed by atoms with Gasteiger partial charge in [-0.15, -0.1) is 0 Å². The van der Waals surface area contributed by atoms with Crippen LogP contribution in [0.1, 0.15) is 56.4 Å². The van der Waals surface area contributed by atoms with Crippen LogP contribution in [-0.2, 0) is 4.79 Å². The fourth-order valence-electron chi connectivity index (χ4n) is 4.61. The minimum absolute atomic E-state index is 0.250. The first-order chi connectivity index (χ1) is 13.3. The summed E-state index contributed by atoms with van der Waals surface area (Å²) in [6.07, 6.45) is 13.6. The number of fused-ring (bicyclic) bond motifs is 3. The summed E-state index contributed by atoms with van der Waals surface area (Å²) in [7, 11) is 0. The number of aromatic amines is 1. The SMILES string of the molecule is O=C(CC1CCC(c2ccnc3cnc4[nH]ccc4c23)CC1)NCC1CC1. The van der Waals surface area contributed by atoms with Crippen LogP contribution < -0.4 is 5.32 Å². The maximum atomic E-state index is 12.2. The zero-order valence-corrected chi connectivity index (χ0v) is 15.6. The van der Waals surface area contributed by atoms with E-state index in [0.29, 0.717) is 18.3 Å². The molecule has 0 unspecified atom stereocenters. The van der Waals surface area contributed by atoms with Crippen molar-refractivity contribution in [3.05, 3.63) is 36.3 Å². The molecule has 0 aromatic carbocycles. The number of rotatable bonds is 5. The summed E-state index contributed by atoms with van der Waals surface area (Å²) in [4.78, 5) is 24.4. The van der Waals surface area contributed by atoms with E-state index in [2.05, 4.69) is 32.4 Å². The first kappa shape index (κ1) is 16.7. The molecule has 27 heavy (non-hydrogen) atoms. The van der Waals surface area contributed by atoms with E-state index in [0.717, 1.165) is 54.7 Å². The lowest BCUT2D eigenvalue weighted by Crippen LogP contribution is -2.28. The van der Waals surface area contributed by atoms with Gasteiger partial charge in [0, 0.05) is 36.1 Å². The normalized spacial score (nSPS) is 23.0. The largest absolute Gasteiger partial charge is 0.356 e. The van der Waals surface area contributed by atoms with Crippen molar-refractivity contribution in [2.75, 3.05) is 6.54 Å². The average molecular weight is 362 g/mol. The van der Waals surface area contributed by atoms with E-state index in [1.807, 2.05) is 18.6 Å². The molecule has 5 nitrogen and oxygen atoms in total. The lowest BCUT2D eigenvalue weighted by molar-refractivity contribution is -0.122. The Balaban J connectivity index is 1.29. The molecule has 3 heterocycles. The highest BCUT2D eigenvalue weighted by Gasteiger charge is 2.27. The van der Waals surface area contributed by atoms with Crippen LogP contribution in [0.2, 0.25) is 0 Å². The van der Waals surface area contributed by atoms with Crippen molar-refractivity contribution in [2.45, 2.75) is 50.9 Å². The average Bonchev–Trinajstić information content (AvgIpc) is 3.40. The fourth-order valence-corrected chi connectivity index (χ4v) is 4.61. The quantitative estimate of drug-likeness (QED) is 0.711. The van der Waals surface area contributed by atoms with Crippen LogP contribution >= 0.6 is 0 Å². The third kappa shape index (κ3) is 3.43. The molecule has 5 heteroatoms. The summed E-state index contributed by atoms with van der Waals surface area (Å²) in [5.41, 5.74) is 3.29. The molecule has 2 N–H and O–H groups in total. The number of aromatic nitrogens is 3. The van der Waals surface area contributed by atoms with Gasteiger partial charge in [0.25, 0.3) is 0 Å². The second kappa shape index (κ2) is 6.95. The summed E-state index contributed by atoms with van der Waals surface area (Å²) in [6.45, 7) is 0.887. The first-order valence-electron chi connectivity index (χ1n) is 10.3. The summed E-state index contributed by atoms with van der Waals surface area (Å²) < 4.78 is 0. The lowest BCUT2D eigenvalue weighted by atomic mass is 9.76. The smallest absolute Gasteiger partial charge is 0.220 e. The Morgan fingerprint density at radius 1 is 1.07 bits per heavy atom. The van der Waals surface area contributed by atoms with Crippen LogP contribution in [0.25, 0.3) is 21.9 Å². The minimum Gasteiger partial charge on any atom is -0.356 e. The van der Waals surface area contributed by atoms with Crippen LogP contribution in [0.5, 0.6) is 0 Å². The van der Waals surface area contributed by atoms with Crippen molar-refractivity contribution < 1.29 is 4.79 Å². The molecule has 2 fully saturated rings. The van der Waals surface area contributed by atoms with Crippen molar-refractivity contribution in [3.8, 4) is 0 Å². The Morgan fingerprint density at radius 2 is 1.89 bits per heavy atom. The summed E-state index contributed by atoms with van der Waals surface area (Å²) in [5, 5.41) is 5.53. The number of carbonyl (C=O) groups is 1. The van der Waals surface area contributed by atoms with Crippen LogP contribution in [0.15, 0.2) is 30.7 Å². The molecule has 0 aliphatic heterocycles. The van der Waals surface area contributed by atoms with Crippen LogP contribution in [-0.4, -0.2) is 27.4 Å². The second-order valence-corrected chi connectivity index (χ2v) is 8.33. The van der Waals surface area contributed by atoms with Crippen LogP contribution in [0, 0.1) is 11.8 Å². The molecule has 2 aliphatic carbocycles.